The summed E-state index contributed by atoms with van der Waals surface area (Å²) in [5.41, 5.74) is 11.5. The minimum Gasteiger partial charge on any atom is -0.378 e. The third-order valence-electron chi connectivity index (χ3n) is 7.82. The second-order valence-corrected chi connectivity index (χ2v) is 10.6. The van der Waals surface area contributed by atoms with Gasteiger partial charge in [0.15, 0.2) is 0 Å². The van der Waals surface area contributed by atoms with Crippen LogP contribution < -0.4 is 15.8 Å². The largest absolute Gasteiger partial charge is 0.378 e. The van der Waals surface area contributed by atoms with E-state index in [4.69, 9.17) is 0 Å². The highest BCUT2D eigenvalue weighted by atomic mass is 16.2. The number of hydrogen-bond acceptors (Lipinski definition) is 4. The number of aromatic amines is 1. The zero-order valence-electron chi connectivity index (χ0n) is 23.6. The van der Waals surface area contributed by atoms with Crippen molar-refractivity contribution < 1.29 is 14.4 Å². The molecule has 3 amide bonds. The Kier molecular flexibility index (Phi) is 6.96. The van der Waals surface area contributed by atoms with Gasteiger partial charge in [0.2, 0.25) is 0 Å². The molecule has 0 aliphatic carbocycles. The van der Waals surface area contributed by atoms with Gasteiger partial charge in [-0.1, -0.05) is 66.7 Å². The number of nitrogens with zero attached hydrogens (tertiary/aromatic N) is 2. The molecule has 2 unspecified atom stereocenters. The Hall–Kier alpha value is -5.37. The van der Waals surface area contributed by atoms with Crippen LogP contribution in [0.5, 0.6) is 0 Å². The number of fused-ring (bicyclic) bond motifs is 2. The number of benzene rings is 4. The van der Waals surface area contributed by atoms with E-state index < -0.39 is 23.9 Å². The van der Waals surface area contributed by atoms with Gasteiger partial charge in [-0.15, -0.1) is 0 Å². The Labute approximate surface area is 243 Å². The van der Waals surface area contributed by atoms with E-state index in [1.807, 2.05) is 104 Å². The Balaban J connectivity index is 1.35. The van der Waals surface area contributed by atoms with Gasteiger partial charge in [0, 0.05) is 47.4 Å². The average molecular weight is 558 g/mol. The highest BCUT2D eigenvalue weighted by molar-refractivity contribution is 6.04. The van der Waals surface area contributed by atoms with E-state index in [1.165, 1.54) is 0 Å². The number of para-hydroxylation sites is 1. The molecule has 0 saturated heterocycles. The molecule has 8 nitrogen and oxygen atoms in total. The summed E-state index contributed by atoms with van der Waals surface area (Å²) in [7, 11) is 3.84. The van der Waals surface area contributed by atoms with Gasteiger partial charge < -0.3 is 14.8 Å². The lowest BCUT2D eigenvalue weighted by molar-refractivity contribution is -0.126. The first-order valence-electron chi connectivity index (χ1n) is 13.8. The molecule has 2 heterocycles. The van der Waals surface area contributed by atoms with E-state index in [0.29, 0.717) is 11.1 Å². The van der Waals surface area contributed by atoms with Gasteiger partial charge in [-0.2, -0.15) is 0 Å². The predicted molar refractivity (Wildman–Crippen MR) is 164 cm³/mol. The summed E-state index contributed by atoms with van der Waals surface area (Å²) in [5, 5.41) is 0.970. The number of anilines is 1. The van der Waals surface area contributed by atoms with Crippen LogP contribution in [0.15, 0.2) is 103 Å². The number of amides is 3. The van der Waals surface area contributed by atoms with E-state index in [9.17, 15) is 14.4 Å². The van der Waals surface area contributed by atoms with E-state index in [1.54, 1.807) is 30.0 Å². The Bertz CT molecular complexity index is 1790. The molecule has 2 atom stereocenters. The number of hydrazine groups is 1. The Morgan fingerprint density at radius 1 is 0.833 bits per heavy atom. The maximum absolute atomic E-state index is 13.9. The predicted octanol–water partition coefficient (Wildman–Crippen LogP) is 5.30. The topological polar surface area (TPSA) is 97.5 Å². The van der Waals surface area contributed by atoms with Gasteiger partial charge in [0.05, 0.1) is 11.7 Å². The standard InChI is InChI=1S/C34H31N5O3/c1-21(32(40)36-37-33(41)23-17-19-24(20-18-23)38(2)3)39-31(25-13-7-8-14-26(25)34(39)42)29-27-15-9-10-16-28(27)35-30(29)22-11-5-4-6-12-22/h4-21,31,35H,1-3H3,(H,36,40)(H,37,41). The van der Waals surface area contributed by atoms with Crippen LogP contribution >= 0.6 is 0 Å². The van der Waals surface area contributed by atoms with E-state index >= 15 is 0 Å². The fraction of sp³-hybridized carbons (Fsp3) is 0.147. The highest BCUT2D eigenvalue weighted by Crippen LogP contribution is 2.46. The van der Waals surface area contributed by atoms with Crippen LogP contribution in [0.25, 0.3) is 22.2 Å². The molecule has 210 valence electrons. The number of aromatic nitrogens is 1. The Morgan fingerprint density at radius 3 is 2.24 bits per heavy atom. The van der Waals surface area contributed by atoms with Crippen molar-refractivity contribution in [3.8, 4) is 11.3 Å². The van der Waals surface area contributed by atoms with Crippen LogP contribution in [0.2, 0.25) is 0 Å². The Morgan fingerprint density at radius 2 is 1.50 bits per heavy atom. The number of hydrogen-bond donors (Lipinski definition) is 3. The molecule has 6 rings (SSSR count). The molecule has 5 aromatic rings. The van der Waals surface area contributed by atoms with Gasteiger partial charge >= 0.3 is 0 Å². The lowest BCUT2D eigenvalue weighted by Gasteiger charge is -2.31. The maximum atomic E-state index is 13.9. The molecule has 1 aromatic heterocycles. The first kappa shape index (κ1) is 26.8. The van der Waals surface area contributed by atoms with Crippen LogP contribution in [0, 0.1) is 0 Å². The highest BCUT2D eigenvalue weighted by Gasteiger charge is 2.44. The minimum absolute atomic E-state index is 0.242. The maximum Gasteiger partial charge on any atom is 0.269 e. The van der Waals surface area contributed by atoms with Crippen molar-refractivity contribution in [2.75, 3.05) is 19.0 Å². The van der Waals surface area contributed by atoms with Crippen molar-refractivity contribution in [2.45, 2.75) is 19.0 Å². The van der Waals surface area contributed by atoms with Crippen molar-refractivity contribution in [1.82, 2.24) is 20.7 Å². The third kappa shape index (κ3) is 4.66. The second-order valence-electron chi connectivity index (χ2n) is 10.6. The molecule has 0 radical (unpaired) electrons. The van der Waals surface area contributed by atoms with E-state index in [2.05, 4.69) is 15.8 Å². The summed E-state index contributed by atoms with van der Waals surface area (Å²) in [6.07, 6.45) is 0. The van der Waals surface area contributed by atoms with Crippen molar-refractivity contribution in [3.63, 3.8) is 0 Å². The number of rotatable bonds is 6. The molecular formula is C34H31N5O3. The zero-order chi connectivity index (χ0) is 29.4. The summed E-state index contributed by atoms with van der Waals surface area (Å²) in [6.45, 7) is 1.68. The number of carbonyl (C=O) groups is 3. The van der Waals surface area contributed by atoms with Crippen molar-refractivity contribution in [1.29, 1.82) is 0 Å². The molecule has 4 aromatic carbocycles. The first-order chi connectivity index (χ1) is 20.3. The minimum atomic E-state index is -0.899. The molecular weight excluding hydrogens is 526 g/mol. The lowest BCUT2D eigenvalue weighted by atomic mass is 9.92. The molecule has 1 aliphatic rings. The summed E-state index contributed by atoms with van der Waals surface area (Å²) < 4.78 is 0. The van der Waals surface area contributed by atoms with Gasteiger partial charge in [-0.3, -0.25) is 25.2 Å². The van der Waals surface area contributed by atoms with Crippen LogP contribution in [0.3, 0.4) is 0 Å². The monoisotopic (exact) mass is 557 g/mol. The van der Waals surface area contributed by atoms with Crippen LogP contribution in [0.4, 0.5) is 5.69 Å². The SMILES string of the molecule is CC(C(=O)NNC(=O)c1ccc(N(C)C)cc1)N1C(=O)c2ccccc2C1c1c(-c2ccccc2)[nH]c2ccccc12. The van der Waals surface area contributed by atoms with Crippen molar-refractivity contribution in [2.24, 2.45) is 0 Å². The summed E-state index contributed by atoms with van der Waals surface area (Å²) >= 11 is 0. The third-order valence-corrected chi connectivity index (χ3v) is 7.82. The zero-order valence-corrected chi connectivity index (χ0v) is 23.6. The summed E-state index contributed by atoms with van der Waals surface area (Å²) in [5.74, 6) is -1.19. The van der Waals surface area contributed by atoms with Gasteiger partial charge in [-0.25, -0.2) is 0 Å². The van der Waals surface area contributed by atoms with E-state index in [-0.39, 0.29) is 5.91 Å². The number of H-pyrrole nitrogens is 1. The van der Waals surface area contributed by atoms with Crippen molar-refractivity contribution in [3.05, 3.63) is 125 Å². The first-order valence-corrected chi connectivity index (χ1v) is 13.8. The summed E-state index contributed by atoms with van der Waals surface area (Å²) in [4.78, 5) is 47.3. The van der Waals surface area contributed by atoms with Gasteiger partial charge in [0.1, 0.15) is 6.04 Å². The molecule has 3 N–H and O–H groups in total. The molecule has 8 heteroatoms. The molecule has 42 heavy (non-hydrogen) atoms. The fourth-order valence-corrected chi connectivity index (χ4v) is 5.64. The van der Waals surface area contributed by atoms with Crippen LogP contribution in [-0.2, 0) is 4.79 Å². The van der Waals surface area contributed by atoms with E-state index in [0.717, 1.165) is 39.0 Å². The van der Waals surface area contributed by atoms with Crippen molar-refractivity contribution >= 4 is 34.3 Å². The van der Waals surface area contributed by atoms with Gasteiger partial charge in [0.25, 0.3) is 17.7 Å². The molecule has 0 spiro atoms. The van der Waals surface area contributed by atoms with Gasteiger partial charge in [-0.05, 0) is 54.4 Å². The molecule has 1 aliphatic heterocycles. The van der Waals surface area contributed by atoms with Crippen LogP contribution in [-0.4, -0.2) is 47.7 Å². The smallest absolute Gasteiger partial charge is 0.269 e. The fourth-order valence-electron chi connectivity index (χ4n) is 5.64. The molecule has 0 fully saturated rings. The molecule has 0 saturated carbocycles. The summed E-state index contributed by atoms with van der Waals surface area (Å²) in [6, 6.07) is 31.0. The average Bonchev–Trinajstić information content (AvgIpc) is 3.54. The normalized spacial score (nSPS) is 14.9. The van der Waals surface area contributed by atoms with Crippen LogP contribution in [0.1, 0.15) is 44.8 Å². The molecule has 0 bridgehead atoms. The lowest BCUT2D eigenvalue weighted by Crippen LogP contribution is -2.52. The number of carbonyl (C=O) groups excluding carboxylic acids is 3. The second kappa shape index (κ2) is 10.9. The quantitative estimate of drug-likeness (QED) is 0.247. The number of nitrogens with one attached hydrogen (secondary N) is 3.